The van der Waals surface area contributed by atoms with Crippen molar-refractivity contribution >= 4 is 33.3 Å². The normalized spacial score (nSPS) is 15.6. The lowest BCUT2D eigenvalue weighted by atomic mass is 9.97. The van der Waals surface area contributed by atoms with Crippen molar-refractivity contribution < 1.29 is 22.4 Å². The number of nitrogens with zero attached hydrogens (tertiary/aromatic N) is 3. The van der Waals surface area contributed by atoms with E-state index in [9.17, 15) is 13.2 Å². The summed E-state index contributed by atoms with van der Waals surface area (Å²) in [6, 6.07) is 10.3. The van der Waals surface area contributed by atoms with Crippen LogP contribution in [-0.2, 0) is 21.2 Å². The average Bonchev–Trinajstić information content (AvgIpc) is 3.46. The van der Waals surface area contributed by atoms with Crippen LogP contribution in [-0.4, -0.2) is 49.0 Å². The van der Waals surface area contributed by atoms with E-state index in [-0.39, 0.29) is 35.8 Å². The third-order valence-electron chi connectivity index (χ3n) is 5.12. The molecular formula is C20H22N4O5S2. The standard InChI is InChI=1S/C20H22N4O5S2/c1-28-15-4-6-17(7-5-15)31(26,27)24-10-8-14(9-11-24)19(25)21-20-23-22-18(29-20)13-16-3-2-12-30-16/h2-7,12,14H,8-11,13H2,1H3,(H,21,23,25). The quantitative estimate of drug-likeness (QED) is 0.574. The van der Waals surface area contributed by atoms with Gasteiger partial charge in [0.1, 0.15) is 5.75 Å². The van der Waals surface area contributed by atoms with Gasteiger partial charge in [-0.1, -0.05) is 11.2 Å². The number of nitrogens with one attached hydrogen (secondary N) is 1. The van der Waals surface area contributed by atoms with Gasteiger partial charge in [-0.05, 0) is 48.6 Å². The minimum Gasteiger partial charge on any atom is -0.497 e. The number of carbonyl (C=O) groups is 1. The van der Waals surface area contributed by atoms with E-state index in [0.717, 1.165) is 4.88 Å². The molecule has 0 bridgehead atoms. The zero-order valence-corrected chi connectivity index (χ0v) is 18.5. The van der Waals surface area contributed by atoms with E-state index >= 15 is 0 Å². The Morgan fingerprint density at radius 2 is 1.97 bits per heavy atom. The number of ether oxygens (including phenoxy) is 1. The van der Waals surface area contributed by atoms with Crippen molar-refractivity contribution in [3.8, 4) is 5.75 Å². The summed E-state index contributed by atoms with van der Waals surface area (Å²) in [7, 11) is -2.08. The molecular weight excluding hydrogens is 440 g/mol. The lowest BCUT2D eigenvalue weighted by molar-refractivity contribution is -0.121. The molecule has 1 N–H and O–H groups in total. The maximum atomic E-state index is 12.8. The number of rotatable bonds is 7. The number of carbonyl (C=O) groups excluding carboxylic acids is 1. The van der Waals surface area contributed by atoms with Gasteiger partial charge in [0.25, 0.3) is 0 Å². The summed E-state index contributed by atoms with van der Waals surface area (Å²) >= 11 is 1.59. The van der Waals surface area contributed by atoms with Crippen LogP contribution in [0, 0.1) is 5.92 Å². The van der Waals surface area contributed by atoms with Crippen molar-refractivity contribution in [2.24, 2.45) is 5.92 Å². The maximum absolute atomic E-state index is 12.8. The third kappa shape index (κ3) is 4.94. The Morgan fingerprint density at radius 1 is 1.23 bits per heavy atom. The molecule has 3 aromatic rings. The van der Waals surface area contributed by atoms with Gasteiger partial charge in [-0.2, -0.15) is 4.31 Å². The molecule has 1 saturated heterocycles. The Morgan fingerprint density at radius 3 is 2.61 bits per heavy atom. The summed E-state index contributed by atoms with van der Waals surface area (Å²) in [5, 5.41) is 12.5. The number of anilines is 1. The largest absolute Gasteiger partial charge is 0.497 e. The van der Waals surface area contributed by atoms with Crippen molar-refractivity contribution in [1.82, 2.24) is 14.5 Å². The molecule has 1 aliphatic heterocycles. The van der Waals surface area contributed by atoms with Gasteiger partial charge in [0.2, 0.25) is 21.8 Å². The number of sulfonamides is 1. The van der Waals surface area contributed by atoms with Crippen molar-refractivity contribution in [3.63, 3.8) is 0 Å². The molecule has 0 radical (unpaired) electrons. The van der Waals surface area contributed by atoms with Gasteiger partial charge in [0.15, 0.2) is 0 Å². The number of aromatic nitrogens is 2. The topological polar surface area (TPSA) is 115 Å². The Bertz CT molecular complexity index is 1120. The highest BCUT2D eigenvalue weighted by Gasteiger charge is 2.32. The van der Waals surface area contributed by atoms with E-state index < -0.39 is 10.0 Å². The first-order chi connectivity index (χ1) is 15.0. The molecule has 1 amide bonds. The third-order valence-corrected chi connectivity index (χ3v) is 7.91. The predicted molar refractivity (Wildman–Crippen MR) is 115 cm³/mol. The highest BCUT2D eigenvalue weighted by atomic mass is 32.2. The van der Waals surface area contributed by atoms with Crippen LogP contribution in [0.25, 0.3) is 0 Å². The number of hydrogen-bond donors (Lipinski definition) is 1. The average molecular weight is 463 g/mol. The van der Waals surface area contributed by atoms with Gasteiger partial charge < -0.3 is 9.15 Å². The summed E-state index contributed by atoms with van der Waals surface area (Å²) in [5.41, 5.74) is 0. The Kier molecular flexibility index (Phi) is 6.35. The molecule has 0 atom stereocenters. The number of piperidine rings is 1. The van der Waals surface area contributed by atoms with Gasteiger partial charge in [-0.3, -0.25) is 10.1 Å². The number of hydrogen-bond acceptors (Lipinski definition) is 8. The molecule has 0 unspecified atom stereocenters. The molecule has 1 aliphatic rings. The Labute approximate surface area is 184 Å². The predicted octanol–water partition coefficient (Wildman–Crippen LogP) is 2.77. The summed E-state index contributed by atoms with van der Waals surface area (Å²) in [5.74, 6) is 0.454. The van der Waals surface area contributed by atoms with Gasteiger partial charge in [0, 0.05) is 23.9 Å². The van der Waals surface area contributed by atoms with Gasteiger partial charge in [-0.15, -0.1) is 16.4 Å². The molecule has 3 heterocycles. The lowest BCUT2D eigenvalue weighted by Gasteiger charge is -2.30. The van der Waals surface area contributed by atoms with Gasteiger partial charge >= 0.3 is 6.01 Å². The van der Waals surface area contributed by atoms with Crippen LogP contribution in [0.15, 0.2) is 51.1 Å². The van der Waals surface area contributed by atoms with Crippen LogP contribution in [0.3, 0.4) is 0 Å². The first-order valence-corrected chi connectivity index (χ1v) is 12.1. The van der Waals surface area contributed by atoms with E-state index in [2.05, 4.69) is 15.5 Å². The molecule has 164 valence electrons. The molecule has 0 aliphatic carbocycles. The number of amides is 1. The molecule has 2 aromatic heterocycles. The Balaban J connectivity index is 1.32. The van der Waals surface area contributed by atoms with E-state index in [4.69, 9.17) is 9.15 Å². The van der Waals surface area contributed by atoms with Crippen LogP contribution in [0.4, 0.5) is 6.01 Å². The molecule has 0 spiro atoms. The molecule has 31 heavy (non-hydrogen) atoms. The van der Waals surface area contributed by atoms with E-state index in [0.29, 0.717) is 30.9 Å². The SMILES string of the molecule is COc1ccc(S(=O)(=O)N2CCC(C(=O)Nc3nnc(Cc4cccs4)o3)CC2)cc1. The van der Waals surface area contributed by atoms with Crippen LogP contribution in [0.2, 0.25) is 0 Å². The second kappa shape index (κ2) is 9.16. The highest BCUT2D eigenvalue weighted by molar-refractivity contribution is 7.89. The van der Waals surface area contributed by atoms with Crippen molar-refractivity contribution in [1.29, 1.82) is 0 Å². The second-order valence-electron chi connectivity index (χ2n) is 7.10. The first kappa shape index (κ1) is 21.5. The van der Waals surface area contributed by atoms with Crippen LogP contribution in [0.1, 0.15) is 23.6 Å². The van der Waals surface area contributed by atoms with Crippen molar-refractivity contribution in [2.45, 2.75) is 24.2 Å². The van der Waals surface area contributed by atoms with Crippen LogP contribution in [0.5, 0.6) is 5.75 Å². The number of methoxy groups -OCH3 is 1. The van der Waals surface area contributed by atoms with Gasteiger partial charge in [0.05, 0.1) is 18.4 Å². The van der Waals surface area contributed by atoms with E-state index in [1.807, 2.05) is 17.5 Å². The fourth-order valence-electron chi connectivity index (χ4n) is 3.40. The smallest absolute Gasteiger partial charge is 0.322 e. The van der Waals surface area contributed by atoms with Crippen LogP contribution >= 0.6 is 11.3 Å². The van der Waals surface area contributed by atoms with Gasteiger partial charge in [-0.25, -0.2) is 8.42 Å². The monoisotopic (exact) mass is 462 g/mol. The summed E-state index contributed by atoms with van der Waals surface area (Å²) in [4.78, 5) is 13.9. The zero-order chi connectivity index (χ0) is 21.8. The van der Waals surface area contributed by atoms with E-state index in [1.54, 1.807) is 23.5 Å². The minimum absolute atomic E-state index is 0.0600. The highest BCUT2D eigenvalue weighted by Crippen LogP contribution is 2.26. The fraction of sp³-hybridized carbons (Fsp3) is 0.350. The number of benzene rings is 1. The van der Waals surface area contributed by atoms with Crippen molar-refractivity contribution in [3.05, 3.63) is 52.5 Å². The zero-order valence-electron chi connectivity index (χ0n) is 16.9. The molecule has 4 rings (SSSR count). The summed E-state index contributed by atoms with van der Waals surface area (Å²) in [6.45, 7) is 0.528. The Hall–Kier alpha value is -2.76. The summed E-state index contributed by atoms with van der Waals surface area (Å²) in [6.07, 6.45) is 1.34. The lowest BCUT2D eigenvalue weighted by Crippen LogP contribution is -2.41. The second-order valence-corrected chi connectivity index (χ2v) is 10.1. The number of thiophene rings is 1. The first-order valence-electron chi connectivity index (χ1n) is 9.75. The van der Waals surface area contributed by atoms with Crippen LogP contribution < -0.4 is 10.1 Å². The maximum Gasteiger partial charge on any atom is 0.322 e. The fourth-order valence-corrected chi connectivity index (χ4v) is 5.57. The van der Waals surface area contributed by atoms with Crippen molar-refractivity contribution in [2.75, 3.05) is 25.5 Å². The molecule has 1 fully saturated rings. The van der Waals surface area contributed by atoms with E-state index in [1.165, 1.54) is 23.5 Å². The molecule has 9 nitrogen and oxygen atoms in total. The minimum atomic E-state index is -3.61. The molecule has 1 aromatic carbocycles. The summed E-state index contributed by atoms with van der Waals surface area (Å²) < 4.78 is 37.7. The molecule has 0 saturated carbocycles. The molecule has 11 heteroatoms.